The summed E-state index contributed by atoms with van der Waals surface area (Å²) in [5.74, 6) is -1.14. The molecule has 2 aromatic heterocycles. The van der Waals surface area contributed by atoms with Crippen molar-refractivity contribution in [2.75, 3.05) is 5.32 Å². The molecule has 2 aromatic rings. The number of anilines is 1. The van der Waals surface area contributed by atoms with Gasteiger partial charge < -0.3 is 5.32 Å². The van der Waals surface area contributed by atoms with E-state index in [0.29, 0.717) is 5.56 Å². The van der Waals surface area contributed by atoms with Crippen molar-refractivity contribution in [3.05, 3.63) is 41.9 Å². The molecule has 0 saturated carbocycles. The Morgan fingerprint density at radius 1 is 1.35 bits per heavy atom. The smallest absolute Gasteiger partial charge is 0.309 e. The number of aromatic amines is 1. The van der Waals surface area contributed by atoms with Crippen molar-refractivity contribution in [2.24, 2.45) is 0 Å². The van der Waals surface area contributed by atoms with Gasteiger partial charge in [0.15, 0.2) is 5.82 Å². The highest BCUT2D eigenvalue weighted by Gasteiger charge is 2.33. The third kappa shape index (κ3) is 3.14. The fraction of sp³-hybridized carbons (Fsp3) is 0.250. The molecule has 0 aliphatic heterocycles. The van der Waals surface area contributed by atoms with Crippen LogP contribution in [-0.2, 0) is 11.0 Å². The Hall–Kier alpha value is -2.38. The first kappa shape index (κ1) is 14.0. The van der Waals surface area contributed by atoms with Gasteiger partial charge >= 0.3 is 6.18 Å². The number of hydrogen-bond donors (Lipinski definition) is 2. The van der Waals surface area contributed by atoms with Gasteiger partial charge in [0.25, 0.3) is 0 Å². The number of nitrogens with zero attached hydrogens (tertiary/aromatic N) is 2. The third-order valence-electron chi connectivity index (χ3n) is 2.73. The summed E-state index contributed by atoms with van der Waals surface area (Å²) in [6.45, 7) is 1.64. The second-order valence-electron chi connectivity index (χ2n) is 4.16. The van der Waals surface area contributed by atoms with Crippen LogP contribution in [0.1, 0.15) is 24.1 Å². The molecule has 0 radical (unpaired) electrons. The molecule has 0 bridgehead atoms. The molecule has 0 saturated heterocycles. The minimum absolute atomic E-state index is 0.164. The van der Waals surface area contributed by atoms with E-state index in [-0.39, 0.29) is 5.82 Å². The second kappa shape index (κ2) is 5.32. The van der Waals surface area contributed by atoms with E-state index in [9.17, 15) is 18.0 Å². The number of carbonyl (C=O) groups excluding carboxylic acids is 1. The highest BCUT2D eigenvalue weighted by Crippen LogP contribution is 2.29. The molecule has 2 N–H and O–H groups in total. The molecular formula is C12H11F3N4O. The number of carbonyl (C=O) groups is 1. The Labute approximate surface area is 112 Å². The van der Waals surface area contributed by atoms with Crippen molar-refractivity contribution in [3.63, 3.8) is 0 Å². The molecule has 1 amide bonds. The number of rotatable bonds is 3. The molecule has 8 heteroatoms. The van der Waals surface area contributed by atoms with Crippen LogP contribution in [0.25, 0.3) is 0 Å². The lowest BCUT2D eigenvalue weighted by atomic mass is 10.0. The normalized spacial score (nSPS) is 13.0. The van der Waals surface area contributed by atoms with E-state index in [2.05, 4.69) is 15.4 Å². The van der Waals surface area contributed by atoms with Crippen LogP contribution in [0.3, 0.4) is 0 Å². The molecule has 106 valence electrons. The summed E-state index contributed by atoms with van der Waals surface area (Å²) in [5, 5.41) is 7.57. The highest BCUT2D eigenvalue weighted by atomic mass is 19.4. The summed E-state index contributed by atoms with van der Waals surface area (Å²) >= 11 is 0. The van der Waals surface area contributed by atoms with Gasteiger partial charge in [-0.25, -0.2) is 0 Å². The van der Waals surface area contributed by atoms with Crippen LogP contribution in [0.15, 0.2) is 30.6 Å². The predicted octanol–water partition coefficient (Wildman–Crippen LogP) is 2.57. The molecule has 0 aliphatic carbocycles. The lowest BCUT2D eigenvalue weighted by Gasteiger charge is -2.10. The second-order valence-corrected chi connectivity index (χ2v) is 4.16. The van der Waals surface area contributed by atoms with Crippen LogP contribution in [-0.4, -0.2) is 21.1 Å². The molecule has 0 aromatic carbocycles. The summed E-state index contributed by atoms with van der Waals surface area (Å²) in [6, 6.07) is 4.07. The number of nitrogens with one attached hydrogen (secondary N) is 2. The van der Waals surface area contributed by atoms with Crippen LogP contribution in [0, 0.1) is 0 Å². The summed E-state index contributed by atoms with van der Waals surface area (Å²) in [7, 11) is 0. The van der Waals surface area contributed by atoms with Gasteiger partial charge in [-0.1, -0.05) is 0 Å². The fourth-order valence-electron chi connectivity index (χ4n) is 1.57. The summed E-state index contributed by atoms with van der Waals surface area (Å²) in [4.78, 5) is 15.7. The van der Waals surface area contributed by atoms with Gasteiger partial charge in [0.05, 0.1) is 5.92 Å². The Morgan fingerprint density at radius 3 is 2.55 bits per heavy atom. The Kier molecular flexibility index (Phi) is 3.73. The molecule has 5 nitrogen and oxygen atoms in total. The van der Waals surface area contributed by atoms with E-state index in [1.807, 2.05) is 5.10 Å². The highest BCUT2D eigenvalue weighted by molar-refractivity contribution is 5.94. The maximum atomic E-state index is 12.4. The SMILES string of the molecule is CC(C(=O)Nc1cc(C(F)(F)F)[nH]n1)c1ccncc1. The molecule has 2 rings (SSSR count). The average molecular weight is 284 g/mol. The average Bonchev–Trinajstić information content (AvgIpc) is 2.87. The van der Waals surface area contributed by atoms with E-state index in [4.69, 9.17) is 0 Å². The summed E-state index contributed by atoms with van der Waals surface area (Å²) in [5.41, 5.74) is -0.298. The maximum absolute atomic E-state index is 12.4. The van der Waals surface area contributed by atoms with Crippen molar-refractivity contribution in [3.8, 4) is 0 Å². The van der Waals surface area contributed by atoms with Crippen LogP contribution in [0.4, 0.5) is 19.0 Å². The van der Waals surface area contributed by atoms with Crippen LogP contribution < -0.4 is 5.32 Å². The molecule has 20 heavy (non-hydrogen) atoms. The van der Waals surface area contributed by atoms with E-state index in [1.54, 1.807) is 19.1 Å². The summed E-state index contributed by atoms with van der Waals surface area (Å²) in [6.07, 6.45) is -1.45. The Morgan fingerprint density at radius 2 is 2.00 bits per heavy atom. The van der Waals surface area contributed by atoms with Crippen molar-refractivity contribution in [1.29, 1.82) is 0 Å². The quantitative estimate of drug-likeness (QED) is 0.910. The van der Waals surface area contributed by atoms with Gasteiger partial charge in [-0.2, -0.15) is 18.3 Å². The first-order chi connectivity index (χ1) is 9.38. The van der Waals surface area contributed by atoms with Crippen molar-refractivity contribution in [2.45, 2.75) is 19.0 Å². The molecule has 1 unspecified atom stereocenters. The number of H-pyrrole nitrogens is 1. The fourth-order valence-corrected chi connectivity index (χ4v) is 1.57. The van der Waals surface area contributed by atoms with Crippen LogP contribution in [0.5, 0.6) is 0 Å². The lowest BCUT2D eigenvalue weighted by Crippen LogP contribution is -2.19. The van der Waals surface area contributed by atoms with Gasteiger partial charge in [0.2, 0.25) is 5.91 Å². The van der Waals surface area contributed by atoms with Crippen LogP contribution in [0.2, 0.25) is 0 Å². The largest absolute Gasteiger partial charge is 0.432 e. The number of aromatic nitrogens is 3. The number of amides is 1. The minimum Gasteiger partial charge on any atom is -0.309 e. The summed E-state index contributed by atoms with van der Waals surface area (Å²) < 4.78 is 37.1. The molecule has 0 spiro atoms. The van der Waals surface area contributed by atoms with E-state index < -0.39 is 23.7 Å². The van der Waals surface area contributed by atoms with E-state index in [1.165, 1.54) is 12.4 Å². The zero-order valence-electron chi connectivity index (χ0n) is 10.4. The van der Waals surface area contributed by atoms with Gasteiger partial charge in [-0.15, -0.1) is 0 Å². The Bertz CT molecular complexity index is 594. The number of hydrogen-bond acceptors (Lipinski definition) is 3. The van der Waals surface area contributed by atoms with Gasteiger partial charge in [0.1, 0.15) is 5.69 Å². The zero-order valence-corrected chi connectivity index (χ0v) is 10.4. The van der Waals surface area contributed by atoms with Gasteiger partial charge in [-0.05, 0) is 24.6 Å². The first-order valence-corrected chi connectivity index (χ1v) is 5.71. The molecular weight excluding hydrogens is 273 g/mol. The Balaban J connectivity index is 2.07. The van der Waals surface area contributed by atoms with Gasteiger partial charge in [0, 0.05) is 18.5 Å². The van der Waals surface area contributed by atoms with Crippen molar-refractivity contribution < 1.29 is 18.0 Å². The maximum Gasteiger partial charge on any atom is 0.432 e. The van der Waals surface area contributed by atoms with E-state index >= 15 is 0 Å². The third-order valence-corrected chi connectivity index (χ3v) is 2.73. The lowest BCUT2D eigenvalue weighted by molar-refractivity contribution is -0.141. The molecule has 0 fully saturated rings. The number of halogens is 3. The van der Waals surface area contributed by atoms with Crippen molar-refractivity contribution in [1.82, 2.24) is 15.2 Å². The number of pyridine rings is 1. The standard InChI is InChI=1S/C12H11F3N4O/c1-7(8-2-4-16-5-3-8)11(20)17-10-6-9(18-19-10)12(13,14)15/h2-7H,1H3,(H2,17,18,19,20). The molecule has 2 heterocycles. The predicted molar refractivity (Wildman–Crippen MR) is 64.9 cm³/mol. The molecule has 1 atom stereocenters. The van der Waals surface area contributed by atoms with Crippen LogP contribution >= 0.6 is 0 Å². The topological polar surface area (TPSA) is 70.7 Å². The van der Waals surface area contributed by atoms with E-state index in [0.717, 1.165) is 6.07 Å². The first-order valence-electron chi connectivity index (χ1n) is 5.71. The van der Waals surface area contributed by atoms with Crippen molar-refractivity contribution >= 4 is 11.7 Å². The van der Waals surface area contributed by atoms with Gasteiger partial charge in [-0.3, -0.25) is 14.9 Å². The monoisotopic (exact) mass is 284 g/mol. The number of alkyl halides is 3. The minimum atomic E-state index is -4.52. The molecule has 0 aliphatic rings. The zero-order chi connectivity index (χ0) is 14.8.